The molecule has 0 radical (unpaired) electrons. The van der Waals surface area contributed by atoms with Crippen molar-refractivity contribution in [3.63, 3.8) is 0 Å². The quantitative estimate of drug-likeness (QED) is 0.902. The highest BCUT2D eigenvalue weighted by atomic mass is 16.5. The van der Waals surface area contributed by atoms with Gasteiger partial charge in [0.05, 0.1) is 12.7 Å². The number of rotatable bonds is 5. The topological polar surface area (TPSA) is 32.7 Å². The molecule has 0 spiro atoms. The average molecular weight is 289 g/mol. The number of ether oxygens (including phenoxy) is 1. The summed E-state index contributed by atoms with van der Waals surface area (Å²) < 4.78 is 5.45. The average Bonchev–Trinajstić information content (AvgIpc) is 2.92. The van der Waals surface area contributed by atoms with Crippen molar-refractivity contribution in [3.8, 4) is 5.75 Å². The van der Waals surface area contributed by atoms with Crippen LogP contribution in [0.5, 0.6) is 5.75 Å². The van der Waals surface area contributed by atoms with Crippen LogP contribution in [-0.4, -0.2) is 35.7 Å². The van der Waals surface area contributed by atoms with Gasteiger partial charge < -0.3 is 9.84 Å². The molecule has 1 saturated heterocycles. The Morgan fingerprint density at radius 2 is 1.95 bits per heavy atom. The lowest BCUT2D eigenvalue weighted by molar-refractivity contribution is 0.0893. The Kier molecular flexibility index (Phi) is 4.81. The predicted molar refractivity (Wildman–Crippen MR) is 84.5 cm³/mol. The summed E-state index contributed by atoms with van der Waals surface area (Å²) in [5.41, 5.74) is 0.998. The van der Waals surface area contributed by atoms with E-state index in [2.05, 4.69) is 4.90 Å². The smallest absolute Gasteiger partial charge is 0.119 e. The number of fused-ring (bicyclic) bond motifs is 1. The van der Waals surface area contributed by atoms with Crippen LogP contribution in [0.1, 0.15) is 50.7 Å². The molecule has 116 valence electrons. The summed E-state index contributed by atoms with van der Waals surface area (Å²) >= 11 is 0. The van der Waals surface area contributed by atoms with Gasteiger partial charge >= 0.3 is 0 Å². The number of aliphatic hydroxyl groups is 1. The first-order chi connectivity index (χ1) is 10.3. The van der Waals surface area contributed by atoms with Crippen LogP contribution < -0.4 is 4.74 Å². The van der Waals surface area contributed by atoms with Crippen molar-refractivity contribution >= 4 is 0 Å². The van der Waals surface area contributed by atoms with Gasteiger partial charge in [0.15, 0.2) is 0 Å². The normalized spacial score (nSPS) is 27.3. The van der Waals surface area contributed by atoms with Crippen molar-refractivity contribution in [3.05, 3.63) is 29.8 Å². The van der Waals surface area contributed by atoms with Crippen molar-refractivity contribution in [2.24, 2.45) is 5.92 Å². The minimum Gasteiger partial charge on any atom is -0.494 e. The van der Waals surface area contributed by atoms with Gasteiger partial charge in [0, 0.05) is 12.6 Å². The number of β-amino-alcohol motifs (C(OH)–C–C–N with tert-alkyl or cyclic N) is 1. The molecule has 1 aromatic carbocycles. The summed E-state index contributed by atoms with van der Waals surface area (Å²) in [6.45, 7) is 4.59. The summed E-state index contributed by atoms with van der Waals surface area (Å²) in [5.74, 6) is 1.76. The van der Waals surface area contributed by atoms with Crippen molar-refractivity contribution in [2.75, 3.05) is 19.7 Å². The lowest BCUT2D eigenvalue weighted by Gasteiger charge is -2.32. The standard InChI is InChI=1S/C18H27NO2/c1-2-21-16-9-7-15(8-10-16)18(20)13-19-12-11-14-5-3-4-6-17(14)19/h7-10,14,17-18,20H,2-6,11-13H2,1H3. The SMILES string of the molecule is CCOc1ccc(C(O)CN2CCC3CCCCC32)cc1. The summed E-state index contributed by atoms with van der Waals surface area (Å²) in [4.78, 5) is 2.52. The molecule has 3 atom stereocenters. The predicted octanol–water partition coefficient (Wildman–Crippen LogP) is 3.38. The number of nitrogens with zero attached hydrogens (tertiary/aromatic N) is 1. The van der Waals surface area contributed by atoms with Gasteiger partial charge in [-0.2, -0.15) is 0 Å². The van der Waals surface area contributed by atoms with Gasteiger partial charge in [-0.3, -0.25) is 4.90 Å². The van der Waals surface area contributed by atoms with Gasteiger partial charge in [0.1, 0.15) is 5.75 Å². The fraction of sp³-hybridized carbons (Fsp3) is 0.667. The third kappa shape index (κ3) is 3.41. The summed E-state index contributed by atoms with van der Waals surface area (Å²) in [6, 6.07) is 8.61. The van der Waals surface area contributed by atoms with Crippen LogP contribution in [0, 0.1) is 5.92 Å². The molecule has 0 amide bonds. The van der Waals surface area contributed by atoms with E-state index >= 15 is 0 Å². The molecular formula is C18H27NO2. The summed E-state index contributed by atoms with van der Waals surface area (Å²) in [6.07, 6.45) is 6.40. The molecule has 0 bridgehead atoms. The number of aliphatic hydroxyl groups excluding tert-OH is 1. The van der Waals surface area contributed by atoms with E-state index in [1.807, 2.05) is 31.2 Å². The lowest BCUT2D eigenvalue weighted by Crippen LogP contribution is -2.37. The summed E-state index contributed by atoms with van der Waals surface area (Å²) in [7, 11) is 0. The van der Waals surface area contributed by atoms with Gasteiger partial charge in [0.2, 0.25) is 0 Å². The van der Waals surface area contributed by atoms with Crippen LogP contribution in [0.4, 0.5) is 0 Å². The molecule has 1 saturated carbocycles. The molecule has 2 aliphatic rings. The van der Waals surface area contributed by atoms with Crippen LogP contribution in [0.15, 0.2) is 24.3 Å². The van der Waals surface area contributed by atoms with E-state index in [4.69, 9.17) is 4.74 Å². The molecule has 3 heteroatoms. The number of hydrogen-bond donors (Lipinski definition) is 1. The van der Waals surface area contributed by atoms with E-state index in [1.54, 1.807) is 0 Å². The minimum absolute atomic E-state index is 0.388. The van der Waals surface area contributed by atoms with E-state index in [1.165, 1.54) is 32.1 Å². The van der Waals surface area contributed by atoms with Crippen LogP contribution in [0.3, 0.4) is 0 Å². The molecule has 1 N–H and O–H groups in total. The minimum atomic E-state index is -0.388. The van der Waals surface area contributed by atoms with Gasteiger partial charge in [-0.15, -0.1) is 0 Å². The van der Waals surface area contributed by atoms with E-state index in [0.29, 0.717) is 6.61 Å². The first kappa shape index (κ1) is 14.9. The Labute approximate surface area is 127 Å². The molecule has 0 aromatic heterocycles. The molecule has 3 unspecified atom stereocenters. The Bertz CT molecular complexity index is 445. The molecule has 1 aliphatic carbocycles. The first-order valence-corrected chi connectivity index (χ1v) is 8.43. The maximum Gasteiger partial charge on any atom is 0.119 e. The van der Waals surface area contributed by atoms with E-state index in [0.717, 1.165) is 36.4 Å². The van der Waals surface area contributed by atoms with Gasteiger partial charge in [-0.1, -0.05) is 25.0 Å². The van der Waals surface area contributed by atoms with Crippen molar-refractivity contribution in [1.82, 2.24) is 4.90 Å². The molecule has 3 rings (SSSR count). The highest BCUT2D eigenvalue weighted by Gasteiger charge is 2.36. The monoisotopic (exact) mass is 289 g/mol. The van der Waals surface area contributed by atoms with E-state index in [-0.39, 0.29) is 6.10 Å². The number of benzene rings is 1. The van der Waals surface area contributed by atoms with Crippen LogP contribution >= 0.6 is 0 Å². The molecule has 21 heavy (non-hydrogen) atoms. The number of hydrogen-bond acceptors (Lipinski definition) is 3. The van der Waals surface area contributed by atoms with Crippen LogP contribution in [0.2, 0.25) is 0 Å². The molecule has 2 fully saturated rings. The van der Waals surface area contributed by atoms with Crippen LogP contribution in [0.25, 0.3) is 0 Å². The van der Waals surface area contributed by atoms with Gasteiger partial charge in [-0.25, -0.2) is 0 Å². The molecule has 1 aromatic rings. The Morgan fingerprint density at radius 1 is 1.19 bits per heavy atom. The molecular weight excluding hydrogens is 262 g/mol. The largest absolute Gasteiger partial charge is 0.494 e. The van der Waals surface area contributed by atoms with Crippen molar-refractivity contribution in [2.45, 2.75) is 51.2 Å². The number of likely N-dealkylation sites (tertiary alicyclic amines) is 1. The van der Waals surface area contributed by atoms with Gasteiger partial charge in [-0.05, 0) is 56.3 Å². The third-order valence-corrected chi connectivity index (χ3v) is 5.11. The Morgan fingerprint density at radius 3 is 2.71 bits per heavy atom. The van der Waals surface area contributed by atoms with Crippen molar-refractivity contribution in [1.29, 1.82) is 0 Å². The highest BCUT2D eigenvalue weighted by Crippen LogP contribution is 2.37. The fourth-order valence-corrected chi connectivity index (χ4v) is 4.01. The molecule has 3 nitrogen and oxygen atoms in total. The highest BCUT2D eigenvalue weighted by molar-refractivity contribution is 5.28. The molecule has 1 heterocycles. The van der Waals surface area contributed by atoms with Crippen LogP contribution in [-0.2, 0) is 0 Å². The maximum atomic E-state index is 10.5. The zero-order chi connectivity index (χ0) is 14.7. The van der Waals surface area contributed by atoms with E-state index < -0.39 is 0 Å². The fourth-order valence-electron chi connectivity index (χ4n) is 4.01. The zero-order valence-corrected chi connectivity index (χ0v) is 13.0. The second kappa shape index (κ2) is 6.80. The maximum absolute atomic E-state index is 10.5. The third-order valence-electron chi connectivity index (χ3n) is 5.11. The zero-order valence-electron chi connectivity index (χ0n) is 13.0. The second-order valence-electron chi connectivity index (χ2n) is 6.41. The first-order valence-electron chi connectivity index (χ1n) is 8.43. The Balaban J connectivity index is 1.59. The Hall–Kier alpha value is -1.06. The molecule has 1 aliphatic heterocycles. The summed E-state index contributed by atoms with van der Waals surface area (Å²) in [5, 5.41) is 10.5. The second-order valence-corrected chi connectivity index (χ2v) is 6.41. The van der Waals surface area contributed by atoms with Gasteiger partial charge in [0.25, 0.3) is 0 Å². The lowest BCUT2D eigenvalue weighted by atomic mass is 9.85. The van der Waals surface area contributed by atoms with E-state index in [9.17, 15) is 5.11 Å². The van der Waals surface area contributed by atoms with Crippen molar-refractivity contribution < 1.29 is 9.84 Å².